The number of nitrogens with zero attached hydrogens (tertiary/aromatic N) is 2. The average Bonchev–Trinajstić information content (AvgIpc) is 3.02. The predicted octanol–water partition coefficient (Wildman–Crippen LogP) is 6.29. The third-order valence-electron chi connectivity index (χ3n) is 6.43. The second kappa shape index (κ2) is 12.9. The van der Waals surface area contributed by atoms with Gasteiger partial charge >= 0.3 is 5.97 Å². The normalized spacial score (nSPS) is 17.2. The van der Waals surface area contributed by atoms with E-state index in [1.54, 1.807) is 18.1 Å². The van der Waals surface area contributed by atoms with E-state index >= 15 is 0 Å². The molecule has 3 aromatic carbocycles. The van der Waals surface area contributed by atoms with Crippen LogP contribution in [0.25, 0.3) is 0 Å². The molecular weight excluding hydrogens is 543 g/mol. The summed E-state index contributed by atoms with van der Waals surface area (Å²) in [6.07, 6.45) is -0.250. The Kier molecular flexibility index (Phi) is 9.60. The maximum atomic E-state index is 14.0. The van der Waals surface area contributed by atoms with E-state index in [4.69, 9.17) is 32.7 Å². The summed E-state index contributed by atoms with van der Waals surface area (Å²) in [6.45, 7) is 3.12. The van der Waals surface area contributed by atoms with E-state index in [-0.39, 0.29) is 5.91 Å². The number of methoxy groups -OCH3 is 1. The van der Waals surface area contributed by atoms with Gasteiger partial charge in [-0.15, -0.1) is 11.8 Å². The molecule has 0 bridgehead atoms. The molecule has 0 radical (unpaired) electrons. The average molecular weight is 574 g/mol. The Morgan fingerprint density at radius 1 is 1.03 bits per heavy atom. The molecule has 0 aromatic heterocycles. The summed E-state index contributed by atoms with van der Waals surface area (Å²) in [5.41, 5.74) is 2.67. The van der Waals surface area contributed by atoms with Crippen LogP contribution in [0.5, 0.6) is 5.75 Å². The van der Waals surface area contributed by atoms with Gasteiger partial charge < -0.3 is 19.3 Å². The summed E-state index contributed by atoms with van der Waals surface area (Å²) in [5, 5.41) is 0.704. The van der Waals surface area contributed by atoms with Gasteiger partial charge in [-0.3, -0.25) is 9.59 Å². The van der Waals surface area contributed by atoms with Crippen molar-refractivity contribution in [2.75, 3.05) is 38.7 Å². The second-order valence-electron chi connectivity index (χ2n) is 9.07. The van der Waals surface area contributed by atoms with Gasteiger partial charge in [0.2, 0.25) is 0 Å². The molecular formula is C29H30Cl2N2O4S. The Labute approximate surface area is 237 Å². The first-order chi connectivity index (χ1) is 18.3. The van der Waals surface area contributed by atoms with Crippen molar-refractivity contribution in [3.05, 3.63) is 87.9 Å². The van der Waals surface area contributed by atoms with Crippen LogP contribution in [-0.2, 0) is 20.7 Å². The highest BCUT2D eigenvalue weighted by Gasteiger charge is 2.40. The fourth-order valence-electron chi connectivity index (χ4n) is 4.37. The van der Waals surface area contributed by atoms with E-state index in [0.29, 0.717) is 28.9 Å². The van der Waals surface area contributed by atoms with Crippen molar-refractivity contribution in [2.24, 2.45) is 0 Å². The number of thioether (sulfide) groups is 1. The second-order valence-corrected chi connectivity index (χ2v) is 11.0. The number of para-hydroxylation sites is 1. The zero-order chi connectivity index (χ0) is 27.2. The van der Waals surface area contributed by atoms with E-state index in [1.165, 1.54) is 18.7 Å². The van der Waals surface area contributed by atoms with Crippen LogP contribution in [-0.4, -0.2) is 56.7 Å². The lowest BCUT2D eigenvalue weighted by molar-refractivity contribution is -0.152. The van der Waals surface area contributed by atoms with Crippen LogP contribution in [0.4, 0.5) is 5.69 Å². The molecule has 200 valence electrons. The quantitative estimate of drug-likeness (QED) is 0.281. The van der Waals surface area contributed by atoms with Gasteiger partial charge in [-0.25, -0.2) is 0 Å². The van der Waals surface area contributed by atoms with Crippen molar-refractivity contribution in [1.29, 1.82) is 0 Å². The van der Waals surface area contributed by atoms with Crippen molar-refractivity contribution >= 4 is 52.5 Å². The van der Waals surface area contributed by atoms with Crippen LogP contribution in [0.1, 0.15) is 23.3 Å². The number of carbonyl (C=O) groups is 2. The minimum Gasteiger partial charge on any atom is -0.497 e. The summed E-state index contributed by atoms with van der Waals surface area (Å²) in [4.78, 5) is 30.9. The molecule has 1 heterocycles. The Morgan fingerprint density at radius 3 is 2.47 bits per heavy atom. The van der Waals surface area contributed by atoms with E-state index in [9.17, 15) is 9.59 Å². The lowest BCUT2D eigenvalue weighted by Gasteiger charge is -2.29. The maximum absolute atomic E-state index is 14.0. The highest BCUT2D eigenvalue weighted by Crippen LogP contribution is 2.46. The Hall–Kier alpha value is -2.71. The topological polar surface area (TPSA) is 59.1 Å². The van der Waals surface area contributed by atoms with E-state index < -0.39 is 17.3 Å². The van der Waals surface area contributed by atoms with Crippen LogP contribution >= 0.6 is 35.0 Å². The lowest BCUT2D eigenvalue weighted by atomic mass is 10.1. The Bertz CT molecular complexity index is 1290. The van der Waals surface area contributed by atoms with Gasteiger partial charge in [0, 0.05) is 31.5 Å². The highest BCUT2D eigenvalue weighted by molar-refractivity contribution is 7.99. The molecule has 3 aromatic rings. The van der Waals surface area contributed by atoms with Crippen LogP contribution in [0.2, 0.25) is 10.0 Å². The van der Waals surface area contributed by atoms with Crippen LogP contribution in [0.3, 0.4) is 0 Å². The largest absolute Gasteiger partial charge is 0.497 e. The molecule has 6 nitrogen and oxygen atoms in total. The first kappa shape index (κ1) is 28.3. The number of carbonyl (C=O) groups excluding carboxylic acids is 2. The molecule has 0 aliphatic carbocycles. The SMILES string of the molecule is COc1ccc(C2Sc3ccccc3N(CCN(C)CCc3cccc(Cl)c3Cl)C(=O)C2OC(C)=O)cc1. The van der Waals surface area contributed by atoms with Crippen LogP contribution in [0, 0.1) is 0 Å². The zero-order valence-electron chi connectivity index (χ0n) is 21.5. The first-order valence-corrected chi connectivity index (χ1v) is 13.9. The molecule has 0 saturated carbocycles. The zero-order valence-corrected chi connectivity index (χ0v) is 23.9. The number of ether oxygens (including phenoxy) is 2. The summed E-state index contributed by atoms with van der Waals surface area (Å²) >= 11 is 14.0. The fourth-order valence-corrected chi connectivity index (χ4v) is 6.11. The predicted molar refractivity (Wildman–Crippen MR) is 154 cm³/mol. The monoisotopic (exact) mass is 572 g/mol. The van der Waals surface area contributed by atoms with Gasteiger partial charge in [0.25, 0.3) is 5.91 Å². The number of fused-ring (bicyclic) bond motifs is 1. The fraction of sp³-hybridized carbons (Fsp3) is 0.310. The number of rotatable bonds is 9. The number of esters is 1. The minimum absolute atomic E-state index is 0.246. The van der Waals surface area contributed by atoms with Crippen molar-refractivity contribution in [1.82, 2.24) is 4.90 Å². The summed E-state index contributed by atoms with van der Waals surface area (Å²) in [5.74, 6) is -0.0273. The van der Waals surface area contributed by atoms with Gasteiger partial charge in [-0.2, -0.15) is 0 Å². The molecule has 1 aliphatic heterocycles. The number of halogens is 2. The van der Waals surface area contributed by atoms with Gasteiger partial charge in [0.05, 0.1) is 28.1 Å². The number of hydrogen-bond acceptors (Lipinski definition) is 6. The molecule has 2 atom stereocenters. The first-order valence-electron chi connectivity index (χ1n) is 12.3. The molecule has 0 saturated heterocycles. The van der Waals surface area contributed by atoms with Crippen LogP contribution < -0.4 is 9.64 Å². The number of hydrogen-bond donors (Lipinski definition) is 0. The summed E-state index contributed by atoms with van der Waals surface area (Å²) in [7, 11) is 3.61. The van der Waals surface area contributed by atoms with Gasteiger partial charge in [-0.1, -0.05) is 59.6 Å². The van der Waals surface area contributed by atoms with Crippen molar-refractivity contribution in [3.63, 3.8) is 0 Å². The number of amides is 1. The van der Waals surface area contributed by atoms with E-state index in [2.05, 4.69) is 4.90 Å². The van der Waals surface area contributed by atoms with Gasteiger partial charge in [-0.05, 0) is 54.9 Å². The molecule has 1 amide bonds. The third kappa shape index (κ3) is 6.64. The van der Waals surface area contributed by atoms with Crippen molar-refractivity contribution < 1.29 is 19.1 Å². The smallest absolute Gasteiger partial charge is 0.303 e. The summed E-state index contributed by atoms with van der Waals surface area (Å²) in [6, 6.07) is 21.0. The standard InChI is InChI=1S/C29H30Cl2N2O4S/c1-19(34)37-27-28(21-11-13-22(36-3)14-12-21)38-25-10-5-4-9-24(25)33(29(27)35)18-17-32(2)16-15-20-7-6-8-23(30)26(20)31/h4-14,27-28H,15-18H2,1-3H3. The van der Waals surface area contributed by atoms with Gasteiger partial charge in [0.1, 0.15) is 5.75 Å². The number of benzene rings is 3. The van der Waals surface area contributed by atoms with Gasteiger partial charge in [0.15, 0.2) is 6.10 Å². The third-order valence-corrected chi connectivity index (χ3v) is 8.66. The summed E-state index contributed by atoms with van der Waals surface area (Å²) < 4.78 is 11.0. The molecule has 2 unspecified atom stereocenters. The van der Waals surface area contributed by atoms with E-state index in [0.717, 1.165) is 34.7 Å². The Balaban J connectivity index is 1.56. The maximum Gasteiger partial charge on any atom is 0.303 e. The lowest BCUT2D eigenvalue weighted by Crippen LogP contribution is -2.45. The Morgan fingerprint density at radius 2 is 1.76 bits per heavy atom. The van der Waals surface area contributed by atoms with E-state index in [1.807, 2.05) is 67.7 Å². The van der Waals surface area contributed by atoms with Crippen LogP contribution in [0.15, 0.2) is 71.6 Å². The molecule has 0 spiro atoms. The molecule has 4 rings (SSSR count). The molecule has 0 N–H and O–H groups in total. The minimum atomic E-state index is -0.978. The highest BCUT2D eigenvalue weighted by atomic mass is 35.5. The molecule has 1 aliphatic rings. The molecule has 38 heavy (non-hydrogen) atoms. The number of likely N-dealkylation sites (N-methyl/N-ethyl adjacent to an activating group) is 1. The van der Waals surface area contributed by atoms with Crippen molar-refractivity contribution in [2.45, 2.75) is 29.6 Å². The molecule has 9 heteroatoms. The number of anilines is 1. The molecule has 0 fully saturated rings. The van der Waals surface area contributed by atoms with Crippen molar-refractivity contribution in [3.8, 4) is 5.75 Å².